The topological polar surface area (TPSA) is 4.93 Å². The first kappa shape index (κ1) is 13.7. The Bertz CT molecular complexity index is 575. The van der Waals surface area contributed by atoms with E-state index in [0.717, 1.165) is 0 Å². The van der Waals surface area contributed by atoms with Gasteiger partial charge in [0.2, 0.25) is 0 Å². The Morgan fingerprint density at radius 3 is 2.05 bits per heavy atom. The average molecular weight is 253 g/mol. The molecule has 0 saturated carbocycles. The summed E-state index contributed by atoms with van der Waals surface area (Å²) in [7, 11) is 0. The highest BCUT2D eigenvalue weighted by Gasteiger charge is 2.08. The number of benzene rings is 1. The third-order valence-corrected chi connectivity index (χ3v) is 3.21. The van der Waals surface area contributed by atoms with Crippen LogP contribution in [0, 0.1) is 19.3 Å². The molecule has 0 atom stereocenters. The van der Waals surface area contributed by atoms with Crippen LogP contribution in [0.25, 0.3) is 11.8 Å². The molecule has 0 saturated heterocycles. The molecule has 0 aliphatic rings. The van der Waals surface area contributed by atoms with Gasteiger partial charge in [-0.25, -0.2) is 0 Å². The Morgan fingerprint density at radius 2 is 1.47 bits per heavy atom. The van der Waals surface area contributed by atoms with E-state index in [1.54, 1.807) is 0 Å². The average Bonchev–Trinajstić information content (AvgIpc) is 2.66. The highest BCUT2D eigenvalue weighted by molar-refractivity contribution is 5.62. The largest absolute Gasteiger partial charge is 0.318 e. The van der Waals surface area contributed by atoms with Gasteiger partial charge in [-0.3, -0.25) is 0 Å². The maximum atomic E-state index is 2.31. The predicted octanol–water partition coefficient (Wildman–Crippen LogP) is 5.15. The Kier molecular flexibility index (Phi) is 3.66. The second kappa shape index (κ2) is 5.08. The van der Waals surface area contributed by atoms with Gasteiger partial charge in [-0.05, 0) is 43.0 Å². The Balaban J connectivity index is 2.51. The van der Waals surface area contributed by atoms with Crippen LogP contribution in [0.5, 0.6) is 0 Å². The van der Waals surface area contributed by atoms with Crippen LogP contribution in [0.3, 0.4) is 0 Å². The van der Waals surface area contributed by atoms with E-state index in [2.05, 4.69) is 87.7 Å². The molecule has 1 aromatic carbocycles. The maximum Gasteiger partial charge on any atom is 0.0527 e. The molecule has 0 N–H and O–H groups in total. The van der Waals surface area contributed by atoms with E-state index in [9.17, 15) is 0 Å². The van der Waals surface area contributed by atoms with E-state index in [-0.39, 0.29) is 5.41 Å². The maximum absolute atomic E-state index is 2.31. The van der Waals surface area contributed by atoms with Crippen molar-refractivity contribution in [2.45, 2.75) is 34.6 Å². The van der Waals surface area contributed by atoms with Crippen LogP contribution in [0.15, 0.2) is 42.5 Å². The van der Waals surface area contributed by atoms with Gasteiger partial charge in [0.25, 0.3) is 0 Å². The molecule has 100 valence electrons. The molecule has 1 nitrogen and oxygen atoms in total. The van der Waals surface area contributed by atoms with Crippen LogP contribution in [0.4, 0.5) is 0 Å². The zero-order chi connectivity index (χ0) is 14.0. The van der Waals surface area contributed by atoms with Gasteiger partial charge in [0.05, 0.1) is 5.69 Å². The van der Waals surface area contributed by atoms with E-state index >= 15 is 0 Å². The third-order valence-electron chi connectivity index (χ3n) is 3.21. The van der Waals surface area contributed by atoms with Gasteiger partial charge in [-0.2, -0.15) is 0 Å². The van der Waals surface area contributed by atoms with Gasteiger partial charge in [-0.15, -0.1) is 0 Å². The lowest BCUT2D eigenvalue weighted by Crippen LogP contribution is -2.02. The van der Waals surface area contributed by atoms with Gasteiger partial charge in [0.15, 0.2) is 0 Å². The van der Waals surface area contributed by atoms with Crippen LogP contribution in [-0.2, 0) is 0 Å². The lowest BCUT2D eigenvalue weighted by molar-refractivity contribution is 0.547. The summed E-state index contributed by atoms with van der Waals surface area (Å²) in [4.78, 5) is 0. The van der Waals surface area contributed by atoms with Gasteiger partial charge in [-0.1, -0.05) is 51.1 Å². The number of rotatable bonds is 2. The molecule has 1 heterocycles. The minimum Gasteiger partial charge on any atom is -0.318 e. The third kappa shape index (κ3) is 3.17. The van der Waals surface area contributed by atoms with Crippen LogP contribution in [0.1, 0.15) is 37.7 Å². The number of nitrogens with zero attached hydrogens (tertiary/aromatic N) is 1. The van der Waals surface area contributed by atoms with Crippen LogP contribution in [0.2, 0.25) is 0 Å². The normalized spacial score (nSPS) is 12.3. The Morgan fingerprint density at radius 1 is 0.895 bits per heavy atom. The molecule has 19 heavy (non-hydrogen) atoms. The minimum absolute atomic E-state index is 0.202. The molecule has 0 aliphatic heterocycles. The van der Waals surface area contributed by atoms with Crippen molar-refractivity contribution in [3.05, 3.63) is 59.4 Å². The van der Waals surface area contributed by atoms with Crippen molar-refractivity contribution in [3.8, 4) is 5.69 Å². The fraction of sp³-hybridized carbons (Fsp3) is 0.333. The number of hydrogen-bond donors (Lipinski definition) is 0. The lowest BCUT2D eigenvalue weighted by Gasteiger charge is -2.15. The van der Waals surface area contributed by atoms with Gasteiger partial charge < -0.3 is 4.57 Å². The number of para-hydroxylation sites is 1. The summed E-state index contributed by atoms with van der Waals surface area (Å²) >= 11 is 0. The summed E-state index contributed by atoms with van der Waals surface area (Å²) in [5, 5.41) is 0. The van der Waals surface area contributed by atoms with Crippen molar-refractivity contribution < 1.29 is 0 Å². The van der Waals surface area contributed by atoms with E-state index in [4.69, 9.17) is 0 Å². The monoisotopic (exact) mass is 253 g/mol. The van der Waals surface area contributed by atoms with Crippen molar-refractivity contribution in [2.75, 3.05) is 0 Å². The summed E-state index contributed by atoms with van der Waals surface area (Å²) in [6, 6.07) is 12.9. The van der Waals surface area contributed by atoms with Crippen molar-refractivity contribution in [1.29, 1.82) is 0 Å². The molecule has 0 unspecified atom stereocenters. The summed E-state index contributed by atoms with van der Waals surface area (Å²) < 4.78 is 2.31. The number of allylic oxidation sites excluding steroid dienone is 1. The predicted molar refractivity (Wildman–Crippen MR) is 83.7 cm³/mol. The molecule has 2 rings (SSSR count). The number of aryl methyl sites for hydroxylation is 2. The molecular weight excluding hydrogens is 230 g/mol. The molecule has 0 spiro atoms. The van der Waals surface area contributed by atoms with E-state index in [1.165, 1.54) is 22.6 Å². The number of aromatic nitrogens is 1. The van der Waals surface area contributed by atoms with Crippen LogP contribution in [-0.4, -0.2) is 4.57 Å². The number of hydrogen-bond acceptors (Lipinski definition) is 0. The van der Waals surface area contributed by atoms with Crippen LogP contribution < -0.4 is 0 Å². The zero-order valence-electron chi connectivity index (χ0n) is 12.6. The van der Waals surface area contributed by atoms with E-state index in [1.807, 2.05) is 0 Å². The lowest BCUT2D eigenvalue weighted by atomic mass is 9.95. The fourth-order valence-electron chi connectivity index (χ4n) is 2.22. The van der Waals surface area contributed by atoms with Gasteiger partial charge >= 0.3 is 0 Å². The molecule has 1 aromatic heterocycles. The quantitative estimate of drug-likeness (QED) is 0.697. The SMILES string of the molecule is Cc1ccc(C)n1-c1ccccc1/C=C/C(C)(C)C. The van der Waals surface area contributed by atoms with E-state index < -0.39 is 0 Å². The molecule has 0 bridgehead atoms. The van der Waals surface area contributed by atoms with Crippen LogP contribution >= 0.6 is 0 Å². The van der Waals surface area contributed by atoms with Crippen molar-refractivity contribution in [2.24, 2.45) is 5.41 Å². The molecule has 0 radical (unpaired) electrons. The van der Waals surface area contributed by atoms with E-state index in [0.29, 0.717) is 0 Å². The summed E-state index contributed by atoms with van der Waals surface area (Å²) in [5.41, 5.74) is 5.26. The molecule has 0 amide bonds. The Hall–Kier alpha value is -1.76. The van der Waals surface area contributed by atoms with Gasteiger partial charge in [0.1, 0.15) is 0 Å². The zero-order valence-corrected chi connectivity index (χ0v) is 12.6. The highest BCUT2D eigenvalue weighted by Crippen LogP contribution is 2.23. The molecule has 0 aliphatic carbocycles. The summed E-state index contributed by atoms with van der Waals surface area (Å²) in [6.07, 6.45) is 4.49. The smallest absolute Gasteiger partial charge is 0.0527 e. The Labute approximate surface area is 116 Å². The molecule has 2 aromatic rings. The van der Waals surface area contributed by atoms with Crippen molar-refractivity contribution >= 4 is 6.08 Å². The minimum atomic E-state index is 0.202. The first-order chi connectivity index (χ1) is 8.88. The standard InChI is InChI=1S/C18H23N/c1-14-10-11-15(2)19(14)17-9-7-6-8-16(17)12-13-18(3,4)5/h6-13H,1-5H3/b13-12+. The fourth-order valence-corrected chi connectivity index (χ4v) is 2.22. The second-order valence-electron chi connectivity index (χ2n) is 6.21. The van der Waals surface area contributed by atoms with Crippen molar-refractivity contribution in [3.63, 3.8) is 0 Å². The first-order valence-electron chi connectivity index (χ1n) is 6.82. The molecule has 1 heteroatoms. The molecular formula is C18H23N. The summed E-state index contributed by atoms with van der Waals surface area (Å²) in [5.74, 6) is 0. The molecule has 0 fully saturated rings. The second-order valence-corrected chi connectivity index (χ2v) is 6.21. The van der Waals surface area contributed by atoms with Gasteiger partial charge in [0, 0.05) is 11.4 Å². The first-order valence-corrected chi connectivity index (χ1v) is 6.82. The highest BCUT2D eigenvalue weighted by atomic mass is 15.0. The van der Waals surface area contributed by atoms with Crippen molar-refractivity contribution in [1.82, 2.24) is 4.57 Å². The summed E-state index contributed by atoms with van der Waals surface area (Å²) in [6.45, 7) is 11.0.